The Morgan fingerprint density at radius 1 is 1.20 bits per heavy atom. The summed E-state index contributed by atoms with van der Waals surface area (Å²) in [6.07, 6.45) is 7.18. The first-order valence-corrected chi connectivity index (χ1v) is 9.32. The molecule has 2 saturated heterocycles. The Balaban J connectivity index is 1.45. The molecule has 4 rings (SSSR count). The van der Waals surface area contributed by atoms with Crippen LogP contribution in [-0.4, -0.2) is 47.5 Å². The zero-order valence-corrected chi connectivity index (χ0v) is 14.8. The van der Waals surface area contributed by atoms with Gasteiger partial charge in [-0.05, 0) is 70.1 Å². The van der Waals surface area contributed by atoms with Crippen molar-refractivity contribution in [3.8, 4) is 0 Å². The Hall–Kier alpha value is -1.72. The number of rotatable bonds is 4. The highest BCUT2D eigenvalue weighted by Gasteiger charge is 2.35. The third-order valence-electron chi connectivity index (χ3n) is 5.58. The van der Waals surface area contributed by atoms with E-state index in [-0.39, 0.29) is 5.82 Å². The van der Waals surface area contributed by atoms with Gasteiger partial charge >= 0.3 is 0 Å². The average Bonchev–Trinajstić information content (AvgIpc) is 3.24. The van der Waals surface area contributed by atoms with Crippen LogP contribution in [0.25, 0.3) is 0 Å². The highest BCUT2D eigenvalue weighted by molar-refractivity contribution is 5.21. The van der Waals surface area contributed by atoms with Gasteiger partial charge in [0, 0.05) is 12.5 Å². The van der Waals surface area contributed by atoms with Crippen molar-refractivity contribution in [2.45, 2.75) is 44.2 Å². The molecule has 0 radical (unpaired) electrons. The van der Waals surface area contributed by atoms with E-state index in [0.717, 1.165) is 30.2 Å². The number of aromatic nitrogens is 1. The molecule has 2 aliphatic rings. The largest absolute Gasteiger partial charge is 0.444 e. The molecule has 2 aromatic rings. The maximum absolute atomic E-state index is 13.3. The number of oxazole rings is 1. The maximum atomic E-state index is 13.3. The van der Waals surface area contributed by atoms with Crippen molar-refractivity contribution < 1.29 is 8.81 Å². The minimum absolute atomic E-state index is 0.207. The molecule has 3 heterocycles. The topological polar surface area (TPSA) is 32.5 Å². The predicted octanol–water partition coefficient (Wildman–Crippen LogP) is 3.64. The van der Waals surface area contributed by atoms with Gasteiger partial charge in [-0.1, -0.05) is 12.1 Å². The van der Waals surface area contributed by atoms with E-state index in [0.29, 0.717) is 18.5 Å². The minimum Gasteiger partial charge on any atom is -0.444 e. The second-order valence-corrected chi connectivity index (χ2v) is 7.40. The Labute approximate surface area is 148 Å². The monoisotopic (exact) mass is 343 g/mol. The van der Waals surface area contributed by atoms with Gasteiger partial charge in [-0.3, -0.25) is 4.90 Å². The quantitative estimate of drug-likeness (QED) is 0.848. The van der Waals surface area contributed by atoms with Crippen molar-refractivity contribution in [3.05, 3.63) is 53.5 Å². The summed E-state index contributed by atoms with van der Waals surface area (Å²) in [7, 11) is 2.20. The van der Waals surface area contributed by atoms with Crippen molar-refractivity contribution in [2.75, 3.05) is 26.7 Å². The maximum Gasteiger partial charge on any atom is 0.211 e. The zero-order valence-electron chi connectivity index (χ0n) is 14.8. The molecule has 25 heavy (non-hydrogen) atoms. The number of hydrogen-bond acceptors (Lipinski definition) is 4. The van der Waals surface area contributed by atoms with E-state index in [1.54, 1.807) is 12.1 Å². The van der Waals surface area contributed by atoms with Crippen LogP contribution in [0.15, 0.2) is 34.9 Å². The van der Waals surface area contributed by atoms with Crippen molar-refractivity contribution in [1.82, 2.24) is 14.8 Å². The lowest BCUT2D eigenvalue weighted by molar-refractivity contribution is 0.0985. The molecule has 0 unspecified atom stereocenters. The summed E-state index contributed by atoms with van der Waals surface area (Å²) in [5, 5.41) is 0. The molecule has 0 aliphatic carbocycles. The Bertz CT molecular complexity index is 708. The zero-order chi connectivity index (χ0) is 17.2. The van der Waals surface area contributed by atoms with Crippen LogP contribution in [0.2, 0.25) is 0 Å². The lowest BCUT2D eigenvalue weighted by atomic mass is 10.0. The first-order chi connectivity index (χ1) is 12.2. The van der Waals surface area contributed by atoms with Gasteiger partial charge in [-0.25, -0.2) is 9.37 Å². The standard InChI is InChI=1S/C20H26FN3O/c1-23-10-7-17(8-11-23)24-9-3-6-19(24)20-22-14-18(25-20)13-15-4-2-5-16(21)12-15/h2,4-5,12,14,17,19H,3,6-11,13H2,1H3/t19-/m0/s1. The van der Waals surface area contributed by atoms with E-state index in [4.69, 9.17) is 4.42 Å². The summed E-state index contributed by atoms with van der Waals surface area (Å²) in [6.45, 7) is 3.48. The van der Waals surface area contributed by atoms with E-state index >= 15 is 0 Å². The summed E-state index contributed by atoms with van der Waals surface area (Å²) >= 11 is 0. The Kier molecular flexibility index (Phi) is 4.86. The van der Waals surface area contributed by atoms with Gasteiger partial charge in [0.1, 0.15) is 11.6 Å². The number of piperidine rings is 1. The molecular formula is C20H26FN3O. The lowest BCUT2D eigenvalue weighted by Crippen LogP contribution is -2.43. The third kappa shape index (κ3) is 3.77. The smallest absolute Gasteiger partial charge is 0.211 e. The number of nitrogens with zero attached hydrogens (tertiary/aromatic N) is 3. The van der Waals surface area contributed by atoms with Crippen molar-refractivity contribution in [3.63, 3.8) is 0 Å². The van der Waals surface area contributed by atoms with Gasteiger partial charge in [0.05, 0.1) is 12.2 Å². The minimum atomic E-state index is -0.207. The van der Waals surface area contributed by atoms with E-state index < -0.39 is 0 Å². The molecular weight excluding hydrogens is 317 g/mol. The van der Waals surface area contributed by atoms with E-state index in [9.17, 15) is 4.39 Å². The predicted molar refractivity (Wildman–Crippen MR) is 94.9 cm³/mol. The summed E-state index contributed by atoms with van der Waals surface area (Å²) in [4.78, 5) is 9.57. The lowest BCUT2D eigenvalue weighted by Gasteiger charge is -2.37. The van der Waals surface area contributed by atoms with Crippen molar-refractivity contribution in [2.24, 2.45) is 0 Å². The van der Waals surface area contributed by atoms with Gasteiger partial charge in [-0.2, -0.15) is 0 Å². The summed E-state index contributed by atoms with van der Waals surface area (Å²) in [5.74, 6) is 1.44. The molecule has 5 heteroatoms. The van der Waals surface area contributed by atoms with E-state index in [2.05, 4.69) is 21.8 Å². The molecule has 1 aromatic carbocycles. The van der Waals surface area contributed by atoms with Gasteiger partial charge in [0.2, 0.25) is 5.89 Å². The van der Waals surface area contributed by atoms with Crippen LogP contribution >= 0.6 is 0 Å². The fourth-order valence-electron chi connectivity index (χ4n) is 4.22. The summed E-state index contributed by atoms with van der Waals surface area (Å²) in [5.41, 5.74) is 0.918. The fourth-order valence-corrected chi connectivity index (χ4v) is 4.22. The molecule has 0 saturated carbocycles. The van der Waals surface area contributed by atoms with Crippen LogP contribution in [0.4, 0.5) is 4.39 Å². The van der Waals surface area contributed by atoms with Crippen LogP contribution < -0.4 is 0 Å². The van der Waals surface area contributed by atoms with E-state index in [1.807, 2.05) is 12.3 Å². The van der Waals surface area contributed by atoms with Gasteiger partial charge in [-0.15, -0.1) is 0 Å². The molecule has 1 aromatic heterocycles. The number of benzene rings is 1. The van der Waals surface area contributed by atoms with Crippen LogP contribution in [0.3, 0.4) is 0 Å². The molecule has 2 fully saturated rings. The van der Waals surface area contributed by atoms with Crippen LogP contribution in [0.5, 0.6) is 0 Å². The van der Waals surface area contributed by atoms with Gasteiger partial charge in [0.25, 0.3) is 0 Å². The summed E-state index contributed by atoms with van der Waals surface area (Å²) in [6, 6.07) is 7.62. The summed E-state index contributed by atoms with van der Waals surface area (Å²) < 4.78 is 19.4. The molecule has 4 nitrogen and oxygen atoms in total. The Morgan fingerprint density at radius 2 is 2.04 bits per heavy atom. The normalized spacial score (nSPS) is 23.4. The number of likely N-dealkylation sites (tertiary alicyclic amines) is 2. The molecule has 0 amide bonds. The van der Waals surface area contributed by atoms with Crippen LogP contribution in [0.1, 0.15) is 48.9 Å². The highest BCUT2D eigenvalue weighted by Crippen LogP contribution is 2.36. The SMILES string of the molecule is CN1CCC(N2CCC[C@H]2c2ncc(Cc3cccc(F)c3)o2)CC1. The fraction of sp³-hybridized carbons (Fsp3) is 0.550. The molecule has 0 N–H and O–H groups in total. The van der Waals surface area contributed by atoms with Crippen LogP contribution in [0, 0.1) is 5.82 Å². The molecule has 1 atom stereocenters. The number of hydrogen-bond donors (Lipinski definition) is 0. The highest BCUT2D eigenvalue weighted by atomic mass is 19.1. The van der Waals surface area contributed by atoms with Crippen molar-refractivity contribution in [1.29, 1.82) is 0 Å². The Morgan fingerprint density at radius 3 is 2.84 bits per heavy atom. The molecule has 2 aliphatic heterocycles. The second-order valence-electron chi connectivity index (χ2n) is 7.40. The first-order valence-electron chi connectivity index (χ1n) is 9.32. The van der Waals surface area contributed by atoms with Crippen molar-refractivity contribution >= 4 is 0 Å². The number of halogens is 1. The van der Waals surface area contributed by atoms with Gasteiger partial charge in [0.15, 0.2) is 0 Å². The first kappa shape index (κ1) is 16.7. The van der Waals surface area contributed by atoms with Crippen LogP contribution in [-0.2, 0) is 6.42 Å². The molecule has 0 bridgehead atoms. The second kappa shape index (κ2) is 7.26. The average molecular weight is 343 g/mol. The molecule has 0 spiro atoms. The van der Waals surface area contributed by atoms with Gasteiger partial charge < -0.3 is 9.32 Å². The molecule has 134 valence electrons. The van der Waals surface area contributed by atoms with E-state index in [1.165, 1.54) is 38.4 Å². The third-order valence-corrected chi connectivity index (χ3v) is 5.58.